The Morgan fingerprint density at radius 3 is 2.40 bits per heavy atom. The highest BCUT2D eigenvalue weighted by Crippen LogP contribution is 2.20. The average Bonchev–Trinajstić information content (AvgIpc) is 3.07. The van der Waals surface area contributed by atoms with Gasteiger partial charge in [0.1, 0.15) is 0 Å². The number of thioether (sulfide) groups is 1. The first-order valence-corrected chi connectivity index (χ1v) is 10.6. The lowest BCUT2D eigenvalue weighted by atomic mass is 10.2. The van der Waals surface area contributed by atoms with Crippen LogP contribution < -0.4 is 10.9 Å². The summed E-state index contributed by atoms with van der Waals surface area (Å²) in [6, 6.07) is 20.9. The molecule has 0 fully saturated rings. The summed E-state index contributed by atoms with van der Waals surface area (Å²) in [5.74, 6) is 0.226. The Balaban J connectivity index is 1.51. The Morgan fingerprint density at radius 1 is 1.03 bits per heavy atom. The van der Waals surface area contributed by atoms with Crippen LogP contribution in [0.5, 0.6) is 0 Å². The van der Waals surface area contributed by atoms with Crippen molar-refractivity contribution >= 4 is 23.6 Å². The van der Waals surface area contributed by atoms with Gasteiger partial charge in [-0.1, -0.05) is 30.3 Å². The molecule has 0 aliphatic carbocycles. The Labute approximate surface area is 179 Å². The van der Waals surface area contributed by atoms with E-state index in [9.17, 15) is 9.59 Å². The summed E-state index contributed by atoms with van der Waals surface area (Å²) < 4.78 is 2.00. The van der Waals surface area contributed by atoms with Crippen LogP contribution in [-0.4, -0.2) is 22.1 Å². The van der Waals surface area contributed by atoms with Gasteiger partial charge in [-0.2, -0.15) is 5.26 Å². The first-order valence-electron chi connectivity index (χ1n) is 9.40. The number of nitrogens with one attached hydrogen (secondary N) is 2. The molecule has 0 atom stereocenters. The number of amides is 2. The molecule has 0 radical (unpaired) electrons. The Bertz CT molecular complexity index is 1080. The van der Waals surface area contributed by atoms with E-state index in [4.69, 9.17) is 5.26 Å². The van der Waals surface area contributed by atoms with Crippen molar-refractivity contribution in [1.29, 1.82) is 5.26 Å². The van der Waals surface area contributed by atoms with E-state index in [2.05, 4.69) is 16.9 Å². The predicted molar refractivity (Wildman–Crippen MR) is 118 cm³/mol. The maximum Gasteiger partial charge on any atom is 0.271 e. The van der Waals surface area contributed by atoms with Gasteiger partial charge in [-0.3, -0.25) is 20.4 Å². The van der Waals surface area contributed by atoms with Gasteiger partial charge in [-0.05, 0) is 49.7 Å². The maximum absolute atomic E-state index is 12.6. The van der Waals surface area contributed by atoms with E-state index in [1.807, 2.05) is 66.9 Å². The van der Waals surface area contributed by atoms with E-state index in [0.717, 1.165) is 22.6 Å². The van der Waals surface area contributed by atoms with Crippen molar-refractivity contribution in [3.05, 3.63) is 88.7 Å². The van der Waals surface area contributed by atoms with Crippen LogP contribution in [0.3, 0.4) is 0 Å². The minimum absolute atomic E-state index is 0.212. The van der Waals surface area contributed by atoms with Crippen molar-refractivity contribution in [2.45, 2.75) is 19.6 Å². The number of carbonyl (C=O) groups is 2. The van der Waals surface area contributed by atoms with E-state index in [-0.39, 0.29) is 17.6 Å². The highest BCUT2D eigenvalue weighted by atomic mass is 32.2. The fraction of sp³-hybridized carbons (Fsp3) is 0.174. The topological polar surface area (TPSA) is 86.9 Å². The number of hydrogen-bond acceptors (Lipinski definition) is 4. The van der Waals surface area contributed by atoms with Crippen molar-refractivity contribution in [3.63, 3.8) is 0 Å². The Morgan fingerprint density at radius 2 is 1.73 bits per heavy atom. The number of aromatic nitrogens is 1. The average molecular weight is 419 g/mol. The maximum atomic E-state index is 12.6. The van der Waals surface area contributed by atoms with Crippen LogP contribution in [0.2, 0.25) is 0 Å². The monoisotopic (exact) mass is 418 g/mol. The zero-order valence-corrected chi connectivity index (χ0v) is 17.6. The summed E-state index contributed by atoms with van der Waals surface area (Å²) in [5.41, 5.74) is 9.84. The molecule has 3 rings (SSSR count). The fourth-order valence-corrected chi connectivity index (χ4v) is 3.92. The lowest BCUT2D eigenvalue weighted by molar-refractivity contribution is -0.119. The lowest BCUT2D eigenvalue weighted by Crippen LogP contribution is -2.42. The molecule has 1 aromatic heterocycles. The number of rotatable bonds is 6. The highest BCUT2D eigenvalue weighted by molar-refractivity contribution is 7.99. The van der Waals surface area contributed by atoms with Crippen LogP contribution in [0.15, 0.2) is 60.7 Å². The van der Waals surface area contributed by atoms with E-state index < -0.39 is 0 Å². The molecule has 3 aromatic rings. The largest absolute Gasteiger partial charge is 0.318 e. The second kappa shape index (κ2) is 9.81. The number of benzene rings is 2. The molecule has 1 heterocycles. The standard InChI is InChI=1S/C23H22N4O2S/c1-16-12-21(17(2)27(16)20-6-4-3-5-7-20)23(29)26-25-22(28)15-30-14-19-10-8-18(13-24)9-11-19/h3-12H,14-15H2,1-2H3,(H,25,28)(H,26,29). The van der Waals surface area contributed by atoms with Crippen LogP contribution in [0.25, 0.3) is 5.69 Å². The first-order chi connectivity index (χ1) is 14.5. The number of nitrogens with zero attached hydrogens (tertiary/aromatic N) is 2. The third kappa shape index (κ3) is 5.10. The van der Waals surface area contributed by atoms with Gasteiger partial charge in [0, 0.05) is 22.8 Å². The molecule has 0 aliphatic heterocycles. The molecule has 7 heteroatoms. The lowest BCUT2D eigenvalue weighted by Gasteiger charge is -2.10. The SMILES string of the molecule is Cc1cc(C(=O)NNC(=O)CSCc2ccc(C#N)cc2)c(C)n1-c1ccccc1. The summed E-state index contributed by atoms with van der Waals surface area (Å²) in [5, 5.41) is 8.81. The van der Waals surface area contributed by atoms with Crippen LogP contribution >= 0.6 is 11.8 Å². The van der Waals surface area contributed by atoms with E-state index >= 15 is 0 Å². The molecule has 2 aromatic carbocycles. The molecule has 0 aliphatic rings. The molecule has 6 nitrogen and oxygen atoms in total. The van der Waals surface area contributed by atoms with Crippen molar-refractivity contribution in [3.8, 4) is 11.8 Å². The summed E-state index contributed by atoms with van der Waals surface area (Å²) in [6.45, 7) is 3.82. The number of nitriles is 1. The van der Waals surface area contributed by atoms with Gasteiger partial charge in [0.15, 0.2) is 0 Å². The molecule has 0 spiro atoms. The molecule has 152 valence electrons. The van der Waals surface area contributed by atoms with E-state index in [1.165, 1.54) is 11.8 Å². The smallest absolute Gasteiger partial charge is 0.271 e. The molecule has 0 bridgehead atoms. The second-order valence-corrected chi connectivity index (χ2v) is 7.75. The minimum Gasteiger partial charge on any atom is -0.318 e. The number of para-hydroxylation sites is 1. The summed E-state index contributed by atoms with van der Waals surface area (Å²) in [4.78, 5) is 24.6. The molecule has 2 amide bonds. The highest BCUT2D eigenvalue weighted by Gasteiger charge is 2.17. The molecule has 2 N–H and O–H groups in total. The Hall–Kier alpha value is -3.50. The third-order valence-corrected chi connectivity index (χ3v) is 5.59. The number of aryl methyl sites for hydroxylation is 1. The molecule has 0 unspecified atom stereocenters. The fourth-order valence-electron chi connectivity index (χ4n) is 3.13. The minimum atomic E-state index is -0.351. The van der Waals surface area contributed by atoms with Crippen LogP contribution in [0.1, 0.15) is 32.9 Å². The number of hydrazine groups is 1. The van der Waals surface area contributed by atoms with Crippen molar-refractivity contribution in [2.75, 3.05) is 5.75 Å². The van der Waals surface area contributed by atoms with Crippen LogP contribution in [0.4, 0.5) is 0 Å². The normalized spacial score (nSPS) is 10.3. The van der Waals surface area contributed by atoms with Crippen molar-refractivity contribution in [2.24, 2.45) is 0 Å². The second-order valence-electron chi connectivity index (χ2n) is 6.76. The number of carbonyl (C=O) groups excluding carboxylic acids is 2. The van der Waals surface area contributed by atoms with Crippen LogP contribution in [-0.2, 0) is 10.5 Å². The van der Waals surface area contributed by atoms with Gasteiger partial charge in [-0.15, -0.1) is 11.8 Å². The predicted octanol–water partition coefficient (Wildman–Crippen LogP) is 3.66. The van der Waals surface area contributed by atoms with Crippen molar-refractivity contribution < 1.29 is 9.59 Å². The molecule has 30 heavy (non-hydrogen) atoms. The van der Waals surface area contributed by atoms with Gasteiger partial charge >= 0.3 is 0 Å². The summed E-state index contributed by atoms with van der Waals surface area (Å²) >= 11 is 1.43. The van der Waals surface area contributed by atoms with Gasteiger partial charge in [-0.25, -0.2) is 0 Å². The molecular formula is C23H22N4O2S. The van der Waals surface area contributed by atoms with Gasteiger partial charge in [0.2, 0.25) is 5.91 Å². The molecular weight excluding hydrogens is 396 g/mol. The summed E-state index contributed by atoms with van der Waals surface area (Å²) in [7, 11) is 0. The zero-order chi connectivity index (χ0) is 21.5. The third-order valence-electron chi connectivity index (χ3n) is 4.59. The number of hydrogen-bond donors (Lipinski definition) is 2. The van der Waals surface area contributed by atoms with Gasteiger partial charge in [0.05, 0.1) is 22.9 Å². The molecule has 0 saturated heterocycles. The first kappa shape index (κ1) is 21.2. The van der Waals surface area contributed by atoms with E-state index in [0.29, 0.717) is 16.9 Å². The van der Waals surface area contributed by atoms with Gasteiger partial charge < -0.3 is 4.57 Å². The van der Waals surface area contributed by atoms with E-state index in [1.54, 1.807) is 12.1 Å². The zero-order valence-electron chi connectivity index (χ0n) is 16.8. The van der Waals surface area contributed by atoms with Crippen molar-refractivity contribution in [1.82, 2.24) is 15.4 Å². The Kier molecular flexibility index (Phi) is 6.94. The summed E-state index contributed by atoms with van der Waals surface area (Å²) in [6.07, 6.45) is 0. The van der Waals surface area contributed by atoms with Gasteiger partial charge in [0.25, 0.3) is 5.91 Å². The van der Waals surface area contributed by atoms with Crippen LogP contribution in [0, 0.1) is 25.2 Å². The molecule has 0 saturated carbocycles. The quantitative estimate of drug-likeness (QED) is 0.598.